The first kappa shape index (κ1) is 15.8. The summed E-state index contributed by atoms with van der Waals surface area (Å²) in [7, 11) is 0. The van der Waals surface area contributed by atoms with Crippen molar-refractivity contribution in [3.8, 4) is 5.75 Å². The highest BCUT2D eigenvalue weighted by Gasteiger charge is 2.24. The van der Waals surface area contributed by atoms with E-state index in [-0.39, 0.29) is 22.5 Å². The fourth-order valence-corrected chi connectivity index (χ4v) is 3.23. The van der Waals surface area contributed by atoms with Gasteiger partial charge in [0.15, 0.2) is 0 Å². The van der Waals surface area contributed by atoms with E-state index in [1.165, 1.54) is 0 Å². The molecule has 8 heteroatoms. The molecule has 2 aromatic heterocycles. The van der Waals surface area contributed by atoms with Gasteiger partial charge >= 0.3 is 6.61 Å². The Hall–Kier alpha value is -1.73. The zero-order valence-corrected chi connectivity index (χ0v) is 14.6. The van der Waals surface area contributed by atoms with E-state index in [2.05, 4.69) is 30.6 Å². The molecule has 0 saturated heterocycles. The van der Waals surface area contributed by atoms with E-state index in [0.29, 0.717) is 21.1 Å². The van der Waals surface area contributed by atoms with E-state index < -0.39 is 18.3 Å². The molecule has 0 aliphatic carbocycles. The van der Waals surface area contributed by atoms with Gasteiger partial charge in [-0.3, -0.25) is 0 Å². The number of pyridine rings is 1. The third kappa shape index (κ3) is 3.10. The van der Waals surface area contributed by atoms with Crippen molar-refractivity contribution in [1.29, 1.82) is 0 Å². The predicted octanol–water partition coefficient (Wildman–Crippen LogP) is 5.87. The highest BCUT2D eigenvalue weighted by molar-refractivity contribution is 9.10. The van der Waals surface area contributed by atoms with Crippen molar-refractivity contribution in [2.24, 2.45) is 0 Å². The zero-order chi connectivity index (χ0) is 18.3. The zero-order valence-electron chi connectivity index (χ0n) is 13.2. The van der Waals surface area contributed by atoms with E-state index in [0.717, 1.165) is 12.1 Å². The number of halogens is 5. The lowest BCUT2D eigenvalue weighted by Crippen LogP contribution is -2.08. The van der Waals surface area contributed by atoms with Crippen LogP contribution in [0.1, 0.15) is 25.3 Å². The highest BCUT2D eigenvalue weighted by atomic mass is 79.9. The number of hydrogen-bond acceptors (Lipinski definition) is 2. The Morgan fingerprint density at radius 3 is 2.88 bits per heavy atom. The minimum Gasteiger partial charge on any atom is -0.434 e. The number of aromatic nitrogens is 2. The summed E-state index contributed by atoms with van der Waals surface area (Å²) in [5.74, 6) is -1.67. The number of aromatic amines is 1. The summed E-state index contributed by atoms with van der Waals surface area (Å²) >= 11 is 9.34. The lowest BCUT2D eigenvalue weighted by molar-refractivity contribution is -0.0505. The van der Waals surface area contributed by atoms with Gasteiger partial charge in [-0.15, -0.1) is 0 Å². The van der Waals surface area contributed by atoms with Crippen molar-refractivity contribution >= 4 is 38.6 Å². The van der Waals surface area contributed by atoms with E-state index in [1.807, 2.05) is 0 Å². The summed E-state index contributed by atoms with van der Waals surface area (Å²) in [6, 6.07) is 3.81. The van der Waals surface area contributed by atoms with E-state index >= 15 is 0 Å². The number of ether oxygens (including phenoxy) is 1. The lowest BCUT2D eigenvalue weighted by Gasteiger charge is -2.18. The second-order valence-electron chi connectivity index (χ2n) is 5.09. The number of benzene rings is 1. The first-order valence-corrected chi connectivity index (χ1v) is 8.03. The maximum atomic E-state index is 13.9. The standard InChI is InChI=1S/C16H11BrClF3N2O/c1-7(10-6-23-15-9(10)4-8(17)5-22-15)13-12(24-16(20)21)3-2-11(19)14(13)18/h2-7,16H,1H3,(H,22,23)/i6D. The molecule has 0 radical (unpaired) electrons. The normalized spacial score (nSPS) is 13.4. The molecule has 0 bridgehead atoms. The number of H-pyrrole nitrogens is 1. The van der Waals surface area contributed by atoms with E-state index in [4.69, 9.17) is 13.0 Å². The van der Waals surface area contributed by atoms with Crippen LogP contribution in [0.4, 0.5) is 13.2 Å². The number of nitrogens with zero attached hydrogens (tertiary/aromatic N) is 1. The molecular formula is C16H11BrClF3N2O. The third-order valence-electron chi connectivity index (χ3n) is 3.63. The Bertz CT molecular complexity index is 951. The van der Waals surface area contributed by atoms with Crippen molar-refractivity contribution in [1.82, 2.24) is 9.97 Å². The Labute approximate surface area is 150 Å². The molecule has 0 aliphatic heterocycles. The molecule has 2 heterocycles. The maximum absolute atomic E-state index is 13.9. The van der Waals surface area contributed by atoms with Crippen molar-refractivity contribution < 1.29 is 19.3 Å². The molecular weight excluding hydrogens is 409 g/mol. The van der Waals surface area contributed by atoms with Gasteiger partial charge in [0.1, 0.15) is 17.2 Å². The van der Waals surface area contributed by atoms with Crippen LogP contribution in [0.3, 0.4) is 0 Å². The van der Waals surface area contributed by atoms with Crippen molar-refractivity contribution in [2.75, 3.05) is 0 Å². The van der Waals surface area contributed by atoms with Gasteiger partial charge < -0.3 is 9.72 Å². The minimum atomic E-state index is -3.08. The van der Waals surface area contributed by atoms with Crippen molar-refractivity contribution in [3.05, 3.63) is 57.0 Å². The van der Waals surface area contributed by atoms with Crippen LogP contribution >= 0.6 is 27.5 Å². The Balaban J connectivity index is 2.22. The van der Waals surface area contributed by atoms with Gasteiger partial charge in [0.05, 0.1) is 6.39 Å². The summed E-state index contributed by atoms with van der Waals surface area (Å²) in [4.78, 5) is 6.98. The van der Waals surface area contributed by atoms with Gasteiger partial charge in [-0.05, 0) is 39.7 Å². The smallest absolute Gasteiger partial charge is 0.387 e. The highest BCUT2D eigenvalue weighted by Crippen LogP contribution is 2.41. The monoisotopic (exact) mass is 419 g/mol. The first-order chi connectivity index (χ1) is 11.8. The largest absolute Gasteiger partial charge is 0.434 e. The van der Waals surface area contributed by atoms with Gasteiger partial charge in [-0.25, -0.2) is 9.37 Å². The van der Waals surface area contributed by atoms with Crippen molar-refractivity contribution in [2.45, 2.75) is 19.5 Å². The van der Waals surface area contributed by atoms with Crippen LogP contribution in [0.15, 0.2) is 35.0 Å². The SMILES string of the molecule is [2H]c1[nH]c2ncc(Br)cc2c1C(C)c1c(OC(F)F)ccc(F)c1Cl. The molecule has 126 valence electrons. The topological polar surface area (TPSA) is 37.9 Å². The fraction of sp³-hybridized carbons (Fsp3) is 0.188. The predicted molar refractivity (Wildman–Crippen MR) is 89.4 cm³/mol. The van der Waals surface area contributed by atoms with Gasteiger partial charge in [-0.1, -0.05) is 18.5 Å². The molecule has 1 aromatic carbocycles. The summed E-state index contributed by atoms with van der Waals surface area (Å²) in [6.45, 7) is -1.44. The van der Waals surface area contributed by atoms with Crippen LogP contribution in [-0.4, -0.2) is 16.6 Å². The van der Waals surface area contributed by atoms with E-state index in [9.17, 15) is 13.2 Å². The Morgan fingerprint density at radius 2 is 2.17 bits per heavy atom. The minimum absolute atomic E-state index is 0.0384. The Kier molecular flexibility index (Phi) is 4.37. The first-order valence-electron chi connectivity index (χ1n) is 7.36. The van der Waals surface area contributed by atoms with Crippen LogP contribution in [0.5, 0.6) is 5.75 Å². The lowest BCUT2D eigenvalue weighted by atomic mass is 9.92. The molecule has 1 atom stereocenters. The molecule has 24 heavy (non-hydrogen) atoms. The molecule has 0 amide bonds. The number of hydrogen-bond donors (Lipinski definition) is 1. The molecule has 0 fully saturated rings. The molecule has 3 nitrogen and oxygen atoms in total. The molecule has 3 aromatic rings. The molecule has 1 N–H and O–H groups in total. The number of nitrogens with one attached hydrogen (secondary N) is 1. The molecule has 0 aliphatic rings. The summed E-state index contributed by atoms with van der Waals surface area (Å²) in [5.41, 5.74) is 0.964. The van der Waals surface area contributed by atoms with Gasteiger partial charge in [0.2, 0.25) is 0 Å². The summed E-state index contributed by atoms with van der Waals surface area (Å²) in [5, 5.41) is 0.289. The summed E-state index contributed by atoms with van der Waals surface area (Å²) in [6.07, 6.45) is 1.60. The van der Waals surface area contributed by atoms with Crippen LogP contribution < -0.4 is 4.74 Å². The maximum Gasteiger partial charge on any atom is 0.387 e. The average Bonchev–Trinajstić information content (AvgIpc) is 2.85. The van der Waals surface area contributed by atoms with Gasteiger partial charge in [-0.2, -0.15) is 8.78 Å². The fourth-order valence-electron chi connectivity index (χ4n) is 2.57. The van der Waals surface area contributed by atoms with Crippen LogP contribution in [0.25, 0.3) is 11.0 Å². The molecule has 3 rings (SSSR count). The van der Waals surface area contributed by atoms with Crippen LogP contribution in [-0.2, 0) is 0 Å². The van der Waals surface area contributed by atoms with E-state index in [1.54, 1.807) is 19.2 Å². The van der Waals surface area contributed by atoms with Crippen molar-refractivity contribution in [3.63, 3.8) is 0 Å². The molecule has 1 unspecified atom stereocenters. The second-order valence-corrected chi connectivity index (χ2v) is 6.38. The summed E-state index contributed by atoms with van der Waals surface area (Å²) < 4.78 is 52.7. The third-order valence-corrected chi connectivity index (χ3v) is 4.45. The van der Waals surface area contributed by atoms with Crippen LogP contribution in [0, 0.1) is 5.82 Å². The van der Waals surface area contributed by atoms with Gasteiger partial charge in [0.25, 0.3) is 0 Å². The Morgan fingerprint density at radius 1 is 1.42 bits per heavy atom. The van der Waals surface area contributed by atoms with Gasteiger partial charge in [0, 0.05) is 33.7 Å². The molecule has 0 spiro atoms. The number of fused-ring (bicyclic) bond motifs is 1. The number of alkyl halides is 2. The number of rotatable bonds is 4. The average molecular weight is 421 g/mol. The van der Waals surface area contributed by atoms with Crippen LogP contribution in [0.2, 0.25) is 5.02 Å². The second kappa shape index (κ2) is 6.64. The molecule has 0 saturated carbocycles. The quantitative estimate of drug-likeness (QED) is 0.573.